The molecule has 0 aromatic heterocycles. The van der Waals surface area contributed by atoms with Gasteiger partial charge < -0.3 is 4.90 Å². The molecule has 2 nitrogen and oxygen atoms in total. The minimum Gasteiger partial charge on any atom is -0.331 e. The van der Waals surface area contributed by atoms with E-state index in [-0.39, 0.29) is 0 Å². The van der Waals surface area contributed by atoms with Crippen molar-refractivity contribution in [3.05, 3.63) is 52.2 Å². The predicted octanol–water partition coefficient (Wildman–Crippen LogP) is 4.27. The van der Waals surface area contributed by atoms with E-state index >= 15 is 0 Å². The molecule has 92 valence electrons. The third kappa shape index (κ3) is 2.18. The van der Waals surface area contributed by atoms with Gasteiger partial charge in [0, 0.05) is 39.7 Å². The quantitative estimate of drug-likeness (QED) is 0.719. The molecule has 1 aromatic rings. The topological polar surface area (TPSA) is 15.6 Å². The Morgan fingerprint density at radius 3 is 3.06 bits per heavy atom. The Labute approximate surface area is 120 Å². The number of rotatable bonds is 1. The molecule has 3 rings (SSSR count). The highest BCUT2D eigenvalue weighted by Crippen LogP contribution is 2.32. The van der Waals surface area contributed by atoms with Crippen LogP contribution in [-0.4, -0.2) is 23.0 Å². The Bertz CT molecular complexity index is 578. The molecule has 0 fully saturated rings. The summed E-state index contributed by atoms with van der Waals surface area (Å²) in [7, 11) is 0. The fourth-order valence-electron chi connectivity index (χ4n) is 1.99. The molecule has 0 spiro atoms. The lowest BCUT2D eigenvalue weighted by Crippen LogP contribution is -2.32. The van der Waals surface area contributed by atoms with Crippen LogP contribution in [0.15, 0.2) is 40.9 Å². The molecule has 0 atom stereocenters. The average molecular weight is 297 g/mol. The number of nitrogens with zero attached hydrogens (tertiary/aromatic N) is 2. The van der Waals surface area contributed by atoms with E-state index in [1.807, 2.05) is 30.5 Å². The zero-order valence-corrected chi connectivity index (χ0v) is 11.8. The van der Waals surface area contributed by atoms with Crippen molar-refractivity contribution in [1.29, 1.82) is 0 Å². The van der Waals surface area contributed by atoms with Gasteiger partial charge in [0.2, 0.25) is 0 Å². The molecule has 5 heteroatoms. The Morgan fingerprint density at radius 2 is 2.17 bits per heavy atom. The smallest absolute Gasteiger partial charge is 0.148 e. The van der Waals surface area contributed by atoms with Crippen LogP contribution in [0.1, 0.15) is 5.56 Å². The van der Waals surface area contributed by atoms with Gasteiger partial charge in [-0.25, -0.2) is 0 Å². The number of hydrogen-bond donors (Lipinski definition) is 0. The lowest BCUT2D eigenvalue weighted by molar-refractivity contribution is 0.594. The number of halogens is 2. The van der Waals surface area contributed by atoms with Crippen LogP contribution < -0.4 is 0 Å². The molecule has 0 aliphatic carbocycles. The number of fused-ring (bicyclic) bond motifs is 1. The van der Waals surface area contributed by atoms with Crippen LogP contribution in [0.25, 0.3) is 5.57 Å². The Balaban J connectivity index is 2.10. The van der Waals surface area contributed by atoms with Crippen LogP contribution in [0.3, 0.4) is 0 Å². The van der Waals surface area contributed by atoms with E-state index in [2.05, 4.69) is 9.30 Å². The first-order chi connectivity index (χ1) is 8.75. The van der Waals surface area contributed by atoms with Crippen molar-refractivity contribution in [3.63, 3.8) is 0 Å². The highest BCUT2D eigenvalue weighted by atomic mass is 35.5. The summed E-state index contributed by atoms with van der Waals surface area (Å²) in [5.74, 6) is 1.96. The maximum Gasteiger partial charge on any atom is 0.148 e. The van der Waals surface area contributed by atoms with Crippen molar-refractivity contribution in [2.45, 2.75) is 0 Å². The standard InChI is InChI=1S/C13H10Cl2N2S/c14-9-3-4-12(15)11(8-9)10-2-1-5-17-6-7-18-16-13(10)17/h1-5,8H,6-7H2. The maximum atomic E-state index is 6.26. The summed E-state index contributed by atoms with van der Waals surface area (Å²) < 4.78 is 4.52. The summed E-state index contributed by atoms with van der Waals surface area (Å²) in [6.45, 7) is 0.968. The molecule has 2 aliphatic heterocycles. The lowest BCUT2D eigenvalue weighted by Gasteiger charge is -2.29. The average Bonchev–Trinajstić information content (AvgIpc) is 2.41. The highest BCUT2D eigenvalue weighted by molar-refractivity contribution is 7.98. The van der Waals surface area contributed by atoms with Crippen LogP contribution in [-0.2, 0) is 0 Å². The molecular weight excluding hydrogens is 287 g/mol. The van der Waals surface area contributed by atoms with Crippen LogP contribution in [0.4, 0.5) is 0 Å². The number of allylic oxidation sites excluding steroid dienone is 2. The first-order valence-corrected chi connectivity index (χ1v) is 7.26. The van der Waals surface area contributed by atoms with Gasteiger partial charge in [-0.15, -0.1) is 0 Å². The van der Waals surface area contributed by atoms with E-state index in [4.69, 9.17) is 23.2 Å². The van der Waals surface area contributed by atoms with Gasteiger partial charge in [0.05, 0.1) is 0 Å². The first kappa shape index (κ1) is 12.2. The summed E-state index contributed by atoms with van der Waals surface area (Å²) in [6.07, 6.45) is 6.08. The van der Waals surface area contributed by atoms with Crippen molar-refractivity contribution < 1.29 is 0 Å². The first-order valence-electron chi connectivity index (χ1n) is 5.56. The predicted molar refractivity (Wildman–Crippen MR) is 80.2 cm³/mol. The van der Waals surface area contributed by atoms with Crippen LogP contribution in [0.5, 0.6) is 0 Å². The van der Waals surface area contributed by atoms with Gasteiger partial charge in [-0.05, 0) is 42.3 Å². The monoisotopic (exact) mass is 296 g/mol. The van der Waals surface area contributed by atoms with Crippen molar-refractivity contribution in [1.82, 2.24) is 4.90 Å². The minimum absolute atomic E-state index is 0.681. The fourth-order valence-corrected chi connectivity index (χ4v) is 3.07. The summed E-state index contributed by atoms with van der Waals surface area (Å²) in [5.41, 5.74) is 1.96. The fraction of sp³-hybridized carbons (Fsp3) is 0.154. The Kier molecular flexibility index (Phi) is 3.37. The molecule has 18 heavy (non-hydrogen) atoms. The van der Waals surface area contributed by atoms with E-state index in [1.54, 1.807) is 18.0 Å². The van der Waals surface area contributed by atoms with Crippen molar-refractivity contribution in [2.24, 2.45) is 4.40 Å². The zero-order chi connectivity index (χ0) is 12.5. The minimum atomic E-state index is 0.681. The second-order valence-corrected chi connectivity index (χ2v) is 5.68. The largest absolute Gasteiger partial charge is 0.331 e. The summed E-state index contributed by atoms with van der Waals surface area (Å²) >= 11 is 13.9. The number of hydrogen-bond acceptors (Lipinski definition) is 3. The van der Waals surface area contributed by atoms with E-state index < -0.39 is 0 Å². The second kappa shape index (κ2) is 5.00. The summed E-state index contributed by atoms with van der Waals surface area (Å²) in [5, 5.41) is 1.37. The van der Waals surface area contributed by atoms with Crippen molar-refractivity contribution in [3.8, 4) is 0 Å². The third-order valence-corrected chi connectivity index (χ3v) is 4.07. The van der Waals surface area contributed by atoms with Crippen molar-refractivity contribution in [2.75, 3.05) is 12.3 Å². The summed E-state index contributed by atoms with van der Waals surface area (Å²) in [4.78, 5) is 2.14. The van der Waals surface area contributed by atoms with E-state index in [0.29, 0.717) is 10.0 Å². The van der Waals surface area contributed by atoms with Crippen molar-refractivity contribution >= 4 is 46.6 Å². The Hall–Kier alpha value is -0.900. The molecule has 0 amide bonds. The lowest BCUT2D eigenvalue weighted by atomic mass is 10.0. The molecule has 2 aliphatic rings. The second-order valence-electron chi connectivity index (χ2n) is 3.99. The van der Waals surface area contributed by atoms with Crippen LogP contribution in [0.2, 0.25) is 10.0 Å². The van der Waals surface area contributed by atoms with Crippen LogP contribution >= 0.6 is 35.1 Å². The number of benzene rings is 1. The molecule has 0 unspecified atom stereocenters. The normalized spacial score (nSPS) is 18.2. The van der Waals surface area contributed by atoms with Gasteiger partial charge >= 0.3 is 0 Å². The maximum absolute atomic E-state index is 6.26. The number of amidine groups is 1. The van der Waals surface area contributed by atoms with Gasteiger partial charge in [0.25, 0.3) is 0 Å². The Morgan fingerprint density at radius 1 is 1.28 bits per heavy atom. The summed E-state index contributed by atoms with van der Waals surface area (Å²) in [6, 6.07) is 5.50. The molecule has 0 N–H and O–H groups in total. The SMILES string of the molecule is Clc1ccc(Cl)c(C2=CC=CN3CCSN=C23)c1. The van der Waals surface area contributed by atoms with Gasteiger partial charge in [0.15, 0.2) is 0 Å². The van der Waals surface area contributed by atoms with Gasteiger partial charge in [-0.3, -0.25) is 0 Å². The van der Waals surface area contributed by atoms with E-state index in [1.165, 1.54) is 0 Å². The van der Waals surface area contributed by atoms with Crippen LogP contribution in [0, 0.1) is 0 Å². The van der Waals surface area contributed by atoms with Gasteiger partial charge in [-0.2, -0.15) is 4.40 Å². The molecular formula is C13H10Cl2N2S. The third-order valence-electron chi connectivity index (χ3n) is 2.83. The molecule has 1 aromatic carbocycles. The molecule has 0 saturated heterocycles. The van der Waals surface area contributed by atoms with Gasteiger partial charge in [0.1, 0.15) is 5.84 Å². The highest BCUT2D eigenvalue weighted by Gasteiger charge is 2.22. The molecule has 0 radical (unpaired) electrons. The van der Waals surface area contributed by atoms with E-state index in [0.717, 1.165) is 29.3 Å². The van der Waals surface area contributed by atoms with E-state index in [9.17, 15) is 0 Å². The molecule has 2 heterocycles. The molecule has 0 saturated carbocycles. The van der Waals surface area contributed by atoms with Gasteiger partial charge in [-0.1, -0.05) is 23.2 Å². The zero-order valence-electron chi connectivity index (χ0n) is 9.44. The molecule has 0 bridgehead atoms.